The minimum absolute atomic E-state index is 0.217. The predicted octanol–water partition coefficient (Wildman–Crippen LogP) is 3.69. The quantitative estimate of drug-likeness (QED) is 0.726. The van der Waals surface area contributed by atoms with Gasteiger partial charge in [0.2, 0.25) is 0 Å². The van der Waals surface area contributed by atoms with Crippen LogP contribution >= 0.6 is 0 Å². The zero-order valence-corrected chi connectivity index (χ0v) is 9.09. The summed E-state index contributed by atoms with van der Waals surface area (Å²) in [7, 11) is 0. The van der Waals surface area contributed by atoms with Gasteiger partial charge in [-0.05, 0) is 18.1 Å². The number of alkyl halides is 1. The van der Waals surface area contributed by atoms with Gasteiger partial charge in [0.25, 0.3) is 0 Å². The van der Waals surface area contributed by atoms with Crippen LogP contribution in [0.5, 0.6) is 5.75 Å². The Morgan fingerprint density at radius 1 is 1.40 bits per heavy atom. The van der Waals surface area contributed by atoms with Crippen LogP contribution in [0.3, 0.4) is 0 Å². The molecule has 84 valence electrons. The van der Waals surface area contributed by atoms with Gasteiger partial charge in [-0.25, -0.2) is 4.39 Å². The van der Waals surface area contributed by atoms with E-state index in [1.54, 1.807) is 25.1 Å². The fourth-order valence-electron chi connectivity index (χ4n) is 1.31. The van der Waals surface area contributed by atoms with Gasteiger partial charge in [0, 0.05) is 5.92 Å². The molecule has 1 rings (SSSR count). The van der Waals surface area contributed by atoms with Crippen LogP contribution in [0.25, 0.3) is 0 Å². The summed E-state index contributed by atoms with van der Waals surface area (Å²) in [6.07, 6.45) is 0.822. The van der Waals surface area contributed by atoms with Crippen molar-refractivity contribution >= 4 is 0 Å². The molecule has 0 N–H and O–H groups in total. The second-order valence-electron chi connectivity index (χ2n) is 3.56. The van der Waals surface area contributed by atoms with Gasteiger partial charge in [-0.2, -0.15) is 0 Å². The van der Waals surface area contributed by atoms with Crippen LogP contribution < -0.4 is 4.74 Å². The zero-order chi connectivity index (χ0) is 11.3. The van der Waals surface area contributed by atoms with Gasteiger partial charge < -0.3 is 4.74 Å². The molecular weight excluding hydrogens is 198 g/mol. The van der Waals surface area contributed by atoms with Crippen LogP contribution in [-0.2, 0) is 0 Å². The molecule has 0 heterocycles. The highest BCUT2D eigenvalue weighted by Gasteiger charge is 2.14. The molecule has 0 fully saturated rings. The summed E-state index contributed by atoms with van der Waals surface area (Å²) >= 11 is 0. The number of benzene rings is 1. The van der Waals surface area contributed by atoms with E-state index in [1.807, 2.05) is 6.92 Å². The van der Waals surface area contributed by atoms with Crippen LogP contribution in [-0.4, -0.2) is 13.3 Å². The number of rotatable bonds is 5. The zero-order valence-electron chi connectivity index (χ0n) is 9.09. The second-order valence-corrected chi connectivity index (χ2v) is 3.56. The molecule has 0 aliphatic carbocycles. The first kappa shape index (κ1) is 12.0. The Bertz CT molecular complexity index is 312. The van der Waals surface area contributed by atoms with Crippen LogP contribution in [0.2, 0.25) is 0 Å². The van der Waals surface area contributed by atoms with Crippen LogP contribution in [0.1, 0.15) is 31.7 Å². The maximum atomic E-state index is 13.7. The summed E-state index contributed by atoms with van der Waals surface area (Å²) in [5, 5.41) is 0. The van der Waals surface area contributed by atoms with E-state index in [0.29, 0.717) is 12.2 Å². The Morgan fingerprint density at radius 2 is 2.13 bits per heavy atom. The Morgan fingerprint density at radius 3 is 2.73 bits per heavy atom. The Hall–Kier alpha value is -1.12. The number of halogens is 2. The van der Waals surface area contributed by atoms with Crippen molar-refractivity contribution in [3.05, 3.63) is 29.6 Å². The molecule has 0 bridgehead atoms. The van der Waals surface area contributed by atoms with E-state index in [4.69, 9.17) is 4.74 Å². The van der Waals surface area contributed by atoms with Crippen molar-refractivity contribution in [3.8, 4) is 5.75 Å². The first-order valence-corrected chi connectivity index (χ1v) is 5.17. The topological polar surface area (TPSA) is 9.23 Å². The lowest BCUT2D eigenvalue weighted by atomic mass is 10.0. The molecule has 15 heavy (non-hydrogen) atoms. The van der Waals surface area contributed by atoms with E-state index >= 15 is 0 Å². The minimum atomic E-state index is -0.561. The van der Waals surface area contributed by atoms with E-state index in [-0.39, 0.29) is 5.75 Å². The van der Waals surface area contributed by atoms with Crippen molar-refractivity contribution in [1.82, 2.24) is 0 Å². The molecule has 0 radical (unpaired) electrons. The smallest absolute Gasteiger partial charge is 0.168 e. The normalized spacial score (nSPS) is 12.5. The number of hydrogen-bond acceptors (Lipinski definition) is 1. The molecule has 1 aromatic carbocycles. The molecule has 0 amide bonds. The molecule has 1 unspecified atom stereocenters. The first-order chi connectivity index (χ1) is 7.20. The molecule has 0 aliphatic heterocycles. The van der Waals surface area contributed by atoms with Gasteiger partial charge >= 0.3 is 0 Å². The molecule has 0 saturated heterocycles. The third-order valence-corrected chi connectivity index (χ3v) is 2.22. The highest BCUT2D eigenvalue weighted by atomic mass is 19.1. The summed E-state index contributed by atoms with van der Waals surface area (Å²) in [6, 6.07) is 4.85. The van der Waals surface area contributed by atoms with Gasteiger partial charge in [-0.15, -0.1) is 0 Å². The molecule has 1 atom stereocenters. The maximum Gasteiger partial charge on any atom is 0.168 e. The summed E-state index contributed by atoms with van der Waals surface area (Å²) in [4.78, 5) is 0. The third kappa shape index (κ3) is 2.91. The first-order valence-electron chi connectivity index (χ1n) is 5.17. The van der Waals surface area contributed by atoms with Gasteiger partial charge in [0.1, 0.15) is 0 Å². The monoisotopic (exact) mass is 214 g/mol. The summed E-state index contributed by atoms with van der Waals surface area (Å²) < 4.78 is 31.4. The van der Waals surface area contributed by atoms with Gasteiger partial charge in [-0.1, -0.05) is 26.0 Å². The average molecular weight is 214 g/mol. The van der Waals surface area contributed by atoms with E-state index in [1.165, 1.54) is 0 Å². The van der Waals surface area contributed by atoms with Crippen molar-refractivity contribution in [2.24, 2.45) is 0 Å². The lowest BCUT2D eigenvalue weighted by Gasteiger charge is -2.12. The highest BCUT2D eigenvalue weighted by Crippen LogP contribution is 2.26. The molecule has 1 nitrogen and oxygen atoms in total. The predicted molar refractivity (Wildman–Crippen MR) is 56.6 cm³/mol. The van der Waals surface area contributed by atoms with Gasteiger partial charge in [0.15, 0.2) is 11.6 Å². The Kier molecular flexibility index (Phi) is 4.53. The van der Waals surface area contributed by atoms with E-state index in [0.717, 1.165) is 6.42 Å². The summed E-state index contributed by atoms with van der Waals surface area (Å²) in [5.74, 6) is -0.638. The van der Waals surface area contributed by atoms with Crippen LogP contribution in [0.4, 0.5) is 8.78 Å². The third-order valence-electron chi connectivity index (χ3n) is 2.22. The minimum Gasteiger partial charge on any atom is -0.491 e. The molecule has 0 aliphatic rings. The lowest BCUT2D eigenvalue weighted by molar-refractivity contribution is 0.298. The van der Waals surface area contributed by atoms with Crippen molar-refractivity contribution in [2.45, 2.75) is 26.2 Å². The van der Waals surface area contributed by atoms with Gasteiger partial charge in [-0.3, -0.25) is 4.39 Å². The molecular formula is C12H16F2O. The largest absolute Gasteiger partial charge is 0.491 e. The fourth-order valence-corrected chi connectivity index (χ4v) is 1.31. The van der Waals surface area contributed by atoms with Gasteiger partial charge in [0.05, 0.1) is 13.3 Å². The fraction of sp³-hybridized carbons (Fsp3) is 0.500. The van der Waals surface area contributed by atoms with Crippen molar-refractivity contribution in [1.29, 1.82) is 0 Å². The number of ether oxygens (including phenoxy) is 1. The standard InChI is InChI=1S/C12H16F2O/c1-3-7-15-11-6-4-5-10(12(11)14)9(2)8-13/h4-6,9H,3,7-8H2,1-2H3. The van der Waals surface area contributed by atoms with Crippen molar-refractivity contribution in [2.75, 3.05) is 13.3 Å². The summed E-state index contributed by atoms with van der Waals surface area (Å²) in [5.41, 5.74) is 0.381. The molecule has 0 saturated carbocycles. The van der Waals surface area contributed by atoms with E-state index < -0.39 is 18.4 Å². The second kappa shape index (κ2) is 5.69. The maximum absolute atomic E-state index is 13.7. The molecule has 3 heteroatoms. The molecule has 1 aromatic rings. The van der Waals surface area contributed by atoms with E-state index in [9.17, 15) is 8.78 Å². The highest BCUT2D eigenvalue weighted by molar-refractivity contribution is 5.33. The Labute approximate surface area is 89.1 Å². The van der Waals surface area contributed by atoms with E-state index in [2.05, 4.69) is 0 Å². The molecule has 0 aromatic heterocycles. The van der Waals surface area contributed by atoms with Crippen LogP contribution in [0.15, 0.2) is 18.2 Å². The molecule has 0 spiro atoms. The van der Waals surface area contributed by atoms with Crippen molar-refractivity contribution in [3.63, 3.8) is 0 Å². The SMILES string of the molecule is CCCOc1cccc(C(C)CF)c1F. The Balaban J connectivity index is 2.90. The number of hydrogen-bond donors (Lipinski definition) is 0. The average Bonchev–Trinajstić information content (AvgIpc) is 2.27. The van der Waals surface area contributed by atoms with Crippen molar-refractivity contribution < 1.29 is 13.5 Å². The summed E-state index contributed by atoms with van der Waals surface area (Å²) in [6.45, 7) is 3.52. The van der Waals surface area contributed by atoms with Crippen LogP contribution in [0, 0.1) is 5.82 Å². The lowest BCUT2D eigenvalue weighted by Crippen LogP contribution is -2.03.